The molecule has 3 nitrogen and oxygen atoms in total. The molecule has 0 heterocycles. The summed E-state index contributed by atoms with van der Waals surface area (Å²) in [7, 11) is 0. The largest absolute Gasteiger partial charge is 0.465 e. The Bertz CT molecular complexity index is 265. The molecule has 0 aliphatic heterocycles. The van der Waals surface area contributed by atoms with Crippen molar-refractivity contribution in [1.82, 2.24) is 5.32 Å². The minimum absolute atomic E-state index is 0.0459. The van der Waals surface area contributed by atoms with Crippen molar-refractivity contribution in [2.75, 3.05) is 6.61 Å². The first-order valence-electron chi connectivity index (χ1n) is 7.49. The molecule has 2 atom stereocenters. The predicted molar refractivity (Wildman–Crippen MR) is 74.5 cm³/mol. The molecule has 1 aliphatic carbocycles. The fourth-order valence-electron chi connectivity index (χ4n) is 3.05. The molecule has 0 saturated heterocycles. The lowest BCUT2D eigenvalue weighted by Gasteiger charge is -2.33. The minimum atomic E-state index is -0.436. The first-order chi connectivity index (χ1) is 8.54. The van der Waals surface area contributed by atoms with Crippen molar-refractivity contribution in [2.45, 2.75) is 77.8 Å². The van der Waals surface area contributed by atoms with Crippen LogP contribution in [0.1, 0.15) is 66.2 Å². The highest BCUT2D eigenvalue weighted by Crippen LogP contribution is 2.33. The first-order valence-corrected chi connectivity index (χ1v) is 7.49. The van der Waals surface area contributed by atoms with Crippen LogP contribution in [0.25, 0.3) is 0 Å². The van der Waals surface area contributed by atoms with Crippen LogP contribution in [-0.2, 0) is 9.53 Å². The molecule has 18 heavy (non-hydrogen) atoms. The lowest BCUT2D eigenvalue weighted by Crippen LogP contribution is -2.55. The molecule has 0 amide bonds. The van der Waals surface area contributed by atoms with Crippen LogP contribution in [0.3, 0.4) is 0 Å². The molecule has 1 fully saturated rings. The molecule has 2 unspecified atom stereocenters. The van der Waals surface area contributed by atoms with Gasteiger partial charge >= 0.3 is 5.97 Å². The normalized spacial score (nSPS) is 29.1. The van der Waals surface area contributed by atoms with Gasteiger partial charge in [-0.05, 0) is 46.0 Å². The van der Waals surface area contributed by atoms with Gasteiger partial charge in [0.2, 0.25) is 0 Å². The Kier molecular flexibility index (Phi) is 6.13. The van der Waals surface area contributed by atoms with Crippen molar-refractivity contribution in [2.24, 2.45) is 5.92 Å². The van der Waals surface area contributed by atoms with E-state index in [-0.39, 0.29) is 5.97 Å². The Morgan fingerprint density at radius 1 is 1.33 bits per heavy atom. The molecule has 3 heteroatoms. The van der Waals surface area contributed by atoms with E-state index in [0.717, 1.165) is 31.6 Å². The molecule has 0 aromatic rings. The van der Waals surface area contributed by atoms with Crippen molar-refractivity contribution < 1.29 is 9.53 Å². The van der Waals surface area contributed by atoms with E-state index in [1.165, 1.54) is 12.8 Å². The third-order valence-corrected chi connectivity index (χ3v) is 4.00. The number of nitrogens with one attached hydrogen (secondary N) is 1. The maximum absolute atomic E-state index is 12.3. The fraction of sp³-hybridized carbons (Fsp3) is 0.933. The molecule has 1 rings (SSSR count). The summed E-state index contributed by atoms with van der Waals surface area (Å²) in [5.41, 5.74) is -0.436. The number of ether oxygens (including phenoxy) is 1. The minimum Gasteiger partial charge on any atom is -0.465 e. The summed E-state index contributed by atoms with van der Waals surface area (Å²) in [5, 5.41) is 3.49. The number of rotatable bonds is 5. The van der Waals surface area contributed by atoms with Crippen molar-refractivity contribution in [1.29, 1.82) is 0 Å². The molecular formula is C15H29NO2. The van der Waals surface area contributed by atoms with Crippen molar-refractivity contribution in [3.63, 3.8) is 0 Å². The van der Waals surface area contributed by atoms with Crippen molar-refractivity contribution in [3.8, 4) is 0 Å². The molecule has 0 spiro atoms. The highest BCUT2D eigenvalue weighted by Gasteiger charge is 2.41. The van der Waals surface area contributed by atoms with Crippen LogP contribution >= 0.6 is 0 Å². The van der Waals surface area contributed by atoms with Crippen LogP contribution in [0.4, 0.5) is 0 Å². The summed E-state index contributed by atoms with van der Waals surface area (Å²) in [6, 6.07) is 0.313. The van der Waals surface area contributed by atoms with Gasteiger partial charge in [0.1, 0.15) is 5.54 Å². The summed E-state index contributed by atoms with van der Waals surface area (Å²) >= 11 is 0. The molecule has 106 valence electrons. The number of hydrogen-bond acceptors (Lipinski definition) is 3. The number of hydrogen-bond donors (Lipinski definition) is 1. The van der Waals surface area contributed by atoms with Gasteiger partial charge in [0, 0.05) is 6.04 Å². The number of carbonyl (C=O) groups is 1. The lowest BCUT2D eigenvalue weighted by molar-refractivity contribution is -0.152. The van der Waals surface area contributed by atoms with Gasteiger partial charge in [-0.2, -0.15) is 0 Å². The van der Waals surface area contributed by atoms with Crippen LogP contribution in [0.15, 0.2) is 0 Å². The standard InChI is InChI=1S/C15H29NO2/c1-5-13-8-7-10-15(11-9-13,16-12(3)4)14(17)18-6-2/h12-13,16H,5-11H2,1-4H3. The highest BCUT2D eigenvalue weighted by molar-refractivity contribution is 5.81. The fourth-order valence-corrected chi connectivity index (χ4v) is 3.05. The van der Waals surface area contributed by atoms with Crippen LogP contribution < -0.4 is 5.32 Å². The SMILES string of the molecule is CCOC(=O)C1(NC(C)C)CCCC(CC)CC1. The van der Waals surface area contributed by atoms with Gasteiger partial charge in [-0.3, -0.25) is 10.1 Å². The van der Waals surface area contributed by atoms with Crippen LogP contribution in [0.5, 0.6) is 0 Å². The summed E-state index contributed by atoms with van der Waals surface area (Å²) < 4.78 is 5.31. The zero-order valence-corrected chi connectivity index (χ0v) is 12.4. The van der Waals surface area contributed by atoms with E-state index in [1.807, 2.05) is 6.92 Å². The monoisotopic (exact) mass is 255 g/mol. The van der Waals surface area contributed by atoms with E-state index in [1.54, 1.807) is 0 Å². The summed E-state index contributed by atoms with van der Waals surface area (Å²) in [5.74, 6) is 0.728. The maximum Gasteiger partial charge on any atom is 0.326 e. The second-order valence-corrected chi connectivity index (χ2v) is 5.81. The van der Waals surface area contributed by atoms with E-state index in [2.05, 4.69) is 26.1 Å². The van der Waals surface area contributed by atoms with Crippen LogP contribution in [-0.4, -0.2) is 24.2 Å². The van der Waals surface area contributed by atoms with Crippen molar-refractivity contribution >= 4 is 5.97 Å². The molecule has 0 aromatic heterocycles. The van der Waals surface area contributed by atoms with Crippen molar-refractivity contribution in [3.05, 3.63) is 0 Å². The van der Waals surface area contributed by atoms with Gasteiger partial charge in [-0.15, -0.1) is 0 Å². The Morgan fingerprint density at radius 2 is 2.06 bits per heavy atom. The van der Waals surface area contributed by atoms with E-state index in [4.69, 9.17) is 4.74 Å². The Morgan fingerprint density at radius 3 is 2.61 bits per heavy atom. The van der Waals surface area contributed by atoms with E-state index < -0.39 is 5.54 Å². The second-order valence-electron chi connectivity index (χ2n) is 5.81. The van der Waals surface area contributed by atoms with Gasteiger partial charge in [0.25, 0.3) is 0 Å². The number of esters is 1. The Balaban J connectivity index is 2.79. The third kappa shape index (κ3) is 3.98. The van der Waals surface area contributed by atoms with Gasteiger partial charge < -0.3 is 4.74 Å². The highest BCUT2D eigenvalue weighted by atomic mass is 16.5. The average molecular weight is 255 g/mol. The molecule has 0 radical (unpaired) electrons. The predicted octanol–water partition coefficient (Wildman–Crippen LogP) is 3.28. The molecule has 1 N–H and O–H groups in total. The summed E-state index contributed by atoms with van der Waals surface area (Å²) in [6.45, 7) is 8.80. The number of carbonyl (C=O) groups excluding carboxylic acids is 1. The van der Waals surface area contributed by atoms with Crippen LogP contribution in [0.2, 0.25) is 0 Å². The van der Waals surface area contributed by atoms with Crippen LogP contribution in [0, 0.1) is 5.92 Å². The first kappa shape index (κ1) is 15.5. The molecular weight excluding hydrogens is 226 g/mol. The Hall–Kier alpha value is -0.570. The van der Waals surface area contributed by atoms with Gasteiger partial charge in [-0.25, -0.2) is 0 Å². The molecule has 0 aromatic carbocycles. The molecule has 1 saturated carbocycles. The maximum atomic E-state index is 12.3. The second kappa shape index (κ2) is 7.13. The van der Waals surface area contributed by atoms with Gasteiger partial charge in [0.05, 0.1) is 6.61 Å². The van der Waals surface area contributed by atoms with Gasteiger partial charge in [0.15, 0.2) is 0 Å². The smallest absolute Gasteiger partial charge is 0.326 e. The zero-order chi connectivity index (χ0) is 13.6. The Labute approximate surface area is 112 Å². The van der Waals surface area contributed by atoms with E-state index >= 15 is 0 Å². The summed E-state index contributed by atoms with van der Waals surface area (Å²) in [6.07, 6.45) is 6.56. The quantitative estimate of drug-likeness (QED) is 0.605. The lowest BCUT2D eigenvalue weighted by atomic mass is 9.88. The average Bonchev–Trinajstić information content (AvgIpc) is 2.52. The van der Waals surface area contributed by atoms with Gasteiger partial charge in [-0.1, -0.05) is 26.2 Å². The van der Waals surface area contributed by atoms with E-state index in [0.29, 0.717) is 12.6 Å². The van der Waals surface area contributed by atoms with E-state index in [9.17, 15) is 4.79 Å². The zero-order valence-electron chi connectivity index (χ0n) is 12.4. The third-order valence-electron chi connectivity index (χ3n) is 4.00. The topological polar surface area (TPSA) is 38.3 Å². The molecule has 1 aliphatic rings. The summed E-state index contributed by atoms with van der Waals surface area (Å²) in [4.78, 5) is 12.3. The molecule has 0 bridgehead atoms.